The molecule has 0 unspecified atom stereocenters. The summed E-state index contributed by atoms with van der Waals surface area (Å²) < 4.78 is 0. The molecule has 0 aliphatic heterocycles. The van der Waals surface area contributed by atoms with Gasteiger partial charge in [0.05, 0.1) is 0 Å². The molecule has 0 heterocycles. The van der Waals surface area contributed by atoms with E-state index in [2.05, 4.69) is 6.92 Å². The van der Waals surface area contributed by atoms with E-state index in [0.717, 1.165) is 32.1 Å². The standard InChI is InChI=1S/C8H16O.C6H12O.C4H8O2/c1-3-5-6-7-8(9)4-2;1-3-5-6(7)4-2;1-2-3-4(5)6/h3-7H2,1-2H3;3-5H2,1-2H3;2-3H2,1H3,(H,5,6). The number of rotatable bonds is 10. The predicted octanol–water partition coefficient (Wildman–Crippen LogP) is 5.18. The van der Waals surface area contributed by atoms with Crippen molar-refractivity contribution in [2.75, 3.05) is 0 Å². The Balaban J connectivity index is -0.000000252. The topological polar surface area (TPSA) is 71.4 Å². The molecule has 0 amide bonds. The summed E-state index contributed by atoms with van der Waals surface area (Å²) in [7, 11) is 0. The number of Topliss-reactive ketones (excluding diaryl/α,β-unsaturated/α-hetero) is 2. The van der Waals surface area contributed by atoms with E-state index in [4.69, 9.17) is 5.11 Å². The summed E-state index contributed by atoms with van der Waals surface area (Å²) in [6, 6.07) is 0. The molecule has 0 rings (SSSR count). The van der Waals surface area contributed by atoms with Crippen LogP contribution < -0.4 is 0 Å². The first-order valence-electron chi connectivity index (χ1n) is 8.64. The lowest BCUT2D eigenvalue weighted by Gasteiger charge is -1.93. The smallest absolute Gasteiger partial charge is 0.303 e. The van der Waals surface area contributed by atoms with Crippen LogP contribution in [0.3, 0.4) is 0 Å². The summed E-state index contributed by atoms with van der Waals surface area (Å²) in [5, 5.41) is 7.91. The van der Waals surface area contributed by atoms with Gasteiger partial charge in [0, 0.05) is 32.1 Å². The number of hydrogen-bond acceptors (Lipinski definition) is 3. The molecule has 4 nitrogen and oxygen atoms in total. The summed E-state index contributed by atoms with van der Waals surface area (Å²) in [4.78, 5) is 30.7. The van der Waals surface area contributed by atoms with Crippen LogP contribution in [0.5, 0.6) is 0 Å². The van der Waals surface area contributed by atoms with Crippen LogP contribution in [0.4, 0.5) is 0 Å². The summed E-state index contributed by atoms with van der Waals surface area (Å²) >= 11 is 0. The Morgan fingerprint density at radius 1 is 0.636 bits per heavy atom. The molecular weight excluding hydrogens is 280 g/mol. The number of aliphatic carboxylic acids is 1. The average molecular weight is 316 g/mol. The predicted molar refractivity (Wildman–Crippen MR) is 92.2 cm³/mol. The van der Waals surface area contributed by atoms with E-state index < -0.39 is 5.97 Å². The Morgan fingerprint density at radius 2 is 1.09 bits per heavy atom. The lowest BCUT2D eigenvalue weighted by molar-refractivity contribution is -0.137. The third-order valence-electron chi connectivity index (χ3n) is 2.84. The molecule has 0 radical (unpaired) electrons. The monoisotopic (exact) mass is 316 g/mol. The second-order valence-electron chi connectivity index (χ2n) is 5.14. The van der Waals surface area contributed by atoms with E-state index in [1.54, 1.807) is 0 Å². The maximum Gasteiger partial charge on any atom is 0.303 e. The fourth-order valence-corrected chi connectivity index (χ4v) is 1.42. The molecule has 4 heteroatoms. The van der Waals surface area contributed by atoms with Gasteiger partial charge in [-0.15, -0.1) is 0 Å². The second-order valence-corrected chi connectivity index (χ2v) is 5.14. The van der Waals surface area contributed by atoms with Crippen molar-refractivity contribution in [2.24, 2.45) is 0 Å². The van der Waals surface area contributed by atoms with E-state index in [1.807, 2.05) is 27.7 Å². The van der Waals surface area contributed by atoms with Gasteiger partial charge in [-0.3, -0.25) is 14.4 Å². The lowest BCUT2D eigenvalue weighted by Crippen LogP contribution is -1.93. The minimum Gasteiger partial charge on any atom is -0.481 e. The number of carboxylic acid groups (broad SMARTS) is 1. The highest BCUT2D eigenvalue weighted by Crippen LogP contribution is 2.00. The first kappa shape index (κ1) is 25.7. The molecule has 0 aliphatic carbocycles. The van der Waals surface area contributed by atoms with E-state index in [0.29, 0.717) is 30.8 Å². The van der Waals surface area contributed by atoms with Gasteiger partial charge in [-0.2, -0.15) is 0 Å². The molecule has 0 aromatic heterocycles. The summed E-state index contributed by atoms with van der Waals surface area (Å²) in [5.41, 5.74) is 0. The normalized spacial score (nSPS) is 8.95. The molecule has 0 atom stereocenters. The Morgan fingerprint density at radius 3 is 1.32 bits per heavy atom. The van der Waals surface area contributed by atoms with Crippen molar-refractivity contribution in [3.05, 3.63) is 0 Å². The summed E-state index contributed by atoms with van der Waals surface area (Å²) in [5.74, 6) is 0.0726. The van der Waals surface area contributed by atoms with Crippen molar-refractivity contribution in [3.8, 4) is 0 Å². The quantitative estimate of drug-likeness (QED) is 0.563. The second kappa shape index (κ2) is 22.1. The SMILES string of the molecule is CCCC(=O)CC.CCCC(=O)O.CCCCCC(=O)CC. The average Bonchev–Trinajstić information content (AvgIpc) is 2.48. The van der Waals surface area contributed by atoms with Crippen molar-refractivity contribution in [2.45, 2.75) is 98.8 Å². The maximum absolute atomic E-state index is 10.7. The molecular formula is C18H36O4. The fraction of sp³-hybridized carbons (Fsp3) is 0.833. The first-order valence-corrected chi connectivity index (χ1v) is 8.64. The first-order chi connectivity index (χ1) is 10.4. The van der Waals surface area contributed by atoms with Crippen LogP contribution in [0.2, 0.25) is 0 Å². The Bertz CT molecular complexity index is 272. The number of unbranched alkanes of at least 4 members (excludes halogenated alkanes) is 2. The van der Waals surface area contributed by atoms with E-state index in [9.17, 15) is 14.4 Å². The molecule has 0 aromatic carbocycles. The van der Waals surface area contributed by atoms with E-state index in [1.165, 1.54) is 12.8 Å². The Kier molecular flexibility index (Phi) is 25.9. The minimum absolute atomic E-state index is 0.292. The van der Waals surface area contributed by atoms with Gasteiger partial charge in [-0.25, -0.2) is 0 Å². The van der Waals surface area contributed by atoms with Crippen LogP contribution >= 0.6 is 0 Å². The van der Waals surface area contributed by atoms with Crippen LogP contribution in [-0.2, 0) is 14.4 Å². The highest BCUT2D eigenvalue weighted by atomic mass is 16.4. The zero-order chi connectivity index (χ0) is 17.8. The zero-order valence-corrected chi connectivity index (χ0v) is 15.2. The van der Waals surface area contributed by atoms with Crippen molar-refractivity contribution < 1.29 is 19.5 Å². The van der Waals surface area contributed by atoms with Gasteiger partial charge >= 0.3 is 5.97 Å². The van der Waals surface area contributed by atoms with Crippen LogP contribution in [0.15, 0.2) is 0 Å². The van der Waals surface area contributed by atoms with Gasteiger partial charge in [0.1, 0.15) is 11.6 Å². The molecule has 22 heavy (non-hydrogen) atoms. The molecule has 132 valence electrons. The molecule has 0 bridgehead atoms. The highest BCUT2D eigenvalue weighted by molar-refractivity contribution is 5.78. The minimum atomic E-state index is -0.711. The van der Waals surface area contributed by atoms with Crippen LogP contribution in [-0.4, -0.2) is 22.6 Å². The van der Waals surface area contributed by atoms with Crippen LogP contribution in [0.25, 0.3) is 0 Å². The van der Waals surface area contributed by atoms with Crippen molar-refractivity contribution in [1.29, 1.82) is 0 Å². The van der Waals surface area contributed by atoms with Gasteiger partial charge in [-0.05, 0) is 19.3 Å². The van der Waals surface area contributed by atoms with Crippen molar-refractivity contribution in [3.63, 3.8) is 0 Å². The molecule has 0 saturated carbocycles. The number of carbonyl (C=O) groups is 3. The lowest BCUT2D eigenvalue weighted by atomic mass is 10.1. The van der Waals surface area contributed by atoms with Crippen molar-refractivity contribution >= 4 is 17.5 Å². The number of ketones is 2. The highest BCUT2D eigenvalue weighted by Gasteiger charge is 1.95. The fourth-order valence-electron chi connectivity index (χ4n) is 1.42. The van der Waals surface area contributed by atoms with Gasteiger partial charge in [0.15, 0.2) is 0 Å². The molecule has 0 aromatic rings. The third-order valence-corrected chi connectivity index (χ3v) is 2.84. The molecule has 0 fully saturated rings. The van der Waals surface area contributed by atoms with Gasteiger partial charge in [0.25, 0.3) is 0 Å². The van der Waals surface area contributed by atoms with E-state index in [-0.39, 0.29) is 0 Å². The molecule has 0 spiro atoms. The molecule has 1 N–H and O–H groups in total. The zero-order valence-electron chi connectivity index (χ0n) is 15.2. The number of hydrogen-bond donors (Lipinski definition) is 1. The summed E-state index contributed by atoms with van der Waals surface area (Å²) in [6.45, 7) is 9.84. The third kappa shape index (κ3) is 31.3. The Hall–Kier alpha value is -1.19. The summed E-state index contributed by atoms with van der Waals surface area (Å²) in [6.07, 6.45) is 8.48. The maximum atomic E-state index is 10.7. The van der Waals surface area contributed by atoms with Crippen molar-refractivity contribution in [1.82, 2.24) is 0 Å². The molecule has 0 saturated heterocycles. The number of carboxylic acids is 1. The van der Waals surface area contributed by atoms with Crippen LogP contribution in [0, 0.1) is 0 Å². The Labute approximate surface area is 136 Å². The number of carbonyl (C=O) groups excluding carboxylic acids is 2. The van der Waals surface area contributed by atoms with E-state index >= 15 is 0 Å². The van der Waals surface area contributed by atoms with Gasteiger partial charge < -0.3 is 5.11 Å². The molecule has 0 aliphatic rings. The largest absolute Gasteiger partial charge is 0.481 e. The van der Waals surface area contributed by atoms with Gasteiger partial charge in [0.2, 0.25) is 0 Å². The van der Waals surface area contributed by atoms with Gasteiger partial charge in [-0.1, -0.05) is 47.5 Å². The van der Waals surface area contributed by atoms with Crippen LogP contribution in [0.1, 0.15) is 98.8 Å².